The summed E-state index contributed by atoms with van der Waals surface area (Å²) in [4.78, 5) is 0. The third-order valence-electron chi connectivity index (χ3n) is 4.56. The van der Waals surface area contributed by atoms with Gasteiger partial charge in [0.05, 0.1) is 14.2 Å². The minimum atomic E-state index is -0.0364. The van der Waals surface area contributed by atoms with Gasteiger partial charge in [0.25, 0.3) is 0 Å². The molecule has 2 aromatic rings. The molecule has 0 amide bonds. The zero-order chi connectivity index (χ0) is 19.1. The van der Waals surface area contributed by atoms with Gasteiger partial charge in [-0.25, -0.2) is 0 Å². The molecule has 0 bridgehead atoms. The van der Waals surface area contributed by atoms with Gasteiger partial charge in [0.15, 0.2) is 23.0 Å². The molecule has 0 saturated heterocycles. The lowest BCUT2D eigenvalue weighted by molar-refractivity contribution is 0.0596. The minimum Gasteiger partial charge on any atom is -0.493 e. The van der Waals surface area contributed by atoms with Gasteiger partial charge >= 0.3 is 0 Å². The second kappa shape index (κ2) is 9.37. The molecule has 1 aliphatic rings. The fraction of sp³-hybridized carbons (Fsp3) is 0.429. The van der Waals surface area contributed by atoms with E-state index in [1.54, 1.807) is 14.2 Å². The second-order valence-corrected chi connectivity index (χ2v) is 6.22. The maximum Gasteiger partial charge on any atom is 0.203 e. The van der Waals surface area contributed by atoms with Crippen molar-refractivity contribution in [3.8, 4) is 28.7 Å². The first kappa shape index (κ1) is 19.2. The predicted octanol–water partition coefficient (Wildman–Crippen LogP) is 3.29. The van der Waals surface area contributed by atoms with Crippen LogP contribution in [-0.2, 0) is 0 Å². The molecule has 1 aliphatic heterocycles. The Balaban J connectivity index is 1.53. The quantitative estimate of drug-likeness (QED) is 0.681. The van der Waals surface area contributed by atoms with Crippen molar-refractivity contribution < 1.29 is 23.7 Å². The van der Waals surface area contributed by atoms with Gasteiger partial charge in [0, 0.05) is 12.6 Å². The van der Waals surface area contributed by atoms with E-state index in [1.165, 1.54) is 0 Å². The first-order chi connectivity index (χ1) is 13.3. The van der Waals surface area contributed by atoms with Crippen LogP contribution in [-0.4, -0.2) is 46.1 Å². The van der Waals surface area contributed by atoms with Crippen molar-refractivity contribution in [2.75, 3.05) is 34.0 Å². The Morgan fingerprint density at radius 3 is 2.41 bits per heavy atom. The maximum atomic E-state index is 6.10. The first-order valence-electron chi connectivity index (χ1n) is 9.22. The van der Waals surface area contributed by atoms with Gasteiger partial charge in [-0.2, -0.15) is 0 Å². The average molecular weight is 373 g/mol. The van der Waals surface area contributed by atoms with E-state index in [4.69, 9.17) is 23.7 Å². The Kier molecular flexibility index (Phi) is 6.65. The number of fused-ring (bicyclic) bond motifs is 1. The summed E-state index contributed by atoms with van der Waals surface area (Å²) in [5.41, 5.74) is 0. The highest BCUT2D eigenvalue weighted by molar-refractivity contribution is 5.51. The smallest absolute Gasteiger partial charge is 0.203 e. The number of ether oxygens (including phenoxy) is 5. The molecule has 1 heterocycles. The molecule has 0 aliphatic carbocycles. The number of nitrogens with one attached hydrogen (secondary N) is 1. The molecular formula is C21H27NO5. The molecule has 0 radical (unpaired) electrons. The van der Waals surface area contributed by atoms with E-state index >= 15 is 0 Å². The summed E-state index contributed by atoms with van der Waals surface area (Å²) in [5.74, 6) is 3.52. The topological polar surface area (TPSA) is 58.2 Å². The van der Waals surface area contributed by atoms with Crippen molar-refractivity contribution >= 4 is 0 Å². The molecule has 1 N–H and O–H groups in total. The zero-order valence-electron chi connectivity index (χ0n) is 16.1. The van der Waals surface area contributed by atoms with Crippen LogP contribution in [0.3, 0.4) is 0 Å². The lowest BCUT2D eigenvalue weighted by Crippen LogP contribution is -2.48. The Morgan fingerprint density at radius 1 is 1.04 bits per heavy atom. The standard InChI is InChI=1S/C21H27NO5/c1-4-15(20-14-26-16-8-5-6-9-17(16)27-20)22-12-13-25-21-18(23-2)10-7-11-19(21)24-3/h5-11,15,20,22H,4,12-14H2,1-3H3/t15?,20-/m1/s1. The Bertz CT molecular complexity index is 714. The minimum absolute atomic E-state index is 0.0364. The fourth-order valence-corrected chi connectivity index (χ4v) is 3.13. The molecule has 0 saturated carbocycles. The van der Waals surface area contributed by atoms with Crippen LogP contribution in [0.4, 0.5) is 0 Å². The average Bonchev–Trinajstić information content (AvgIpc) is 2.73. The molecule has 2 aromatic carbocycles. The van der Waals surface area contributed by atoms with Crippen LogP contribution in [0.15, 0.2) is 42.5 Å². The monoisotopic (exact) mass is 373 g/mol. The molecule has 27 heavy (non-hydrogen) atoms. The highest BCUT2D eigenvalue weighted by Crippen LogP contribution is 2.36. The summed E-state index contributed by atoms with van der Waals surface area (Å²) in [5, 5.41) is 3.50. The number of benzene rings is 2. The van der Waals surface area contributed by atoms with Crippen LogP contribution >= 0.6 is 0 Å². The maximum absolute atomic E-state index is 6.10. The second-order valence-electron chi connectivity index (χ2n) is 6.22. The Hall–Kier alpha value is -2.60. The lowest BCUT2D eigenvalue weighted by Gasteiger charge is -2.32. The van der Waals surface area contributed by atoms with Crippen LogP contribution in [0.25, 0.3) is 0 Å². The molecule has 6 nitrogen and oxygen atoms in total. The van der Waals surface area contributed by atoms with Crippen LogP contribution in [0.1, 0.15) is 13.3 Å². The molecule has 0 aromatic heterocycles. The van der Waals surface area contributed by atoms with Gasteiger partial charge < -0.3 is 29.0 Å². The van der Waals surface area contributed by atoms with Crippen molar-refractivity contribution in [3.05, 3.63) is 42.5 Å². The van der Waals surface area contributed by atoms with Gasteiger partial charge in [-0.1, -0.05) is 25.1 Å². The largest absolute Gasteiger partial charge is 0.493 e. The van der Waals surface area contributed by atoms with Gasteiger partial charge in [0.2, 0.25) is 5.75 Å². The number of hydrogen-bond donors (Lipinski definition) is 1. The predicted molar refractivity (Wildman–Crippen MR) is 103 cm³/mol. The van der Waals surface area contributed by atoms with Crippen molar-refractivity contribution in [2.45, 2.75) is 25.5 Å². The van der Waals surface area contributed by atoms with Gasteiger partial charge in [-0.15, -0.1) is 0 Å². The first-order valence-corrected chi connectivity index (χ1v) is 9.22. The number of hydrogen-bond acceptors (Lipinski definition) is 6. The van der Waals surface area contributed by atoms with Crippen LogP contribution in [0.2, 0.25) is 0 Å². The fourth-order valence-electron chi connectivity index (χ4n) is 3.13. The molecule has 0 spiro atoms. The van der Waals surface area contributed by atoms with Crippen molar-refractivity contribution in [1.82, 2.24) is 5.32 Å². The molecule has 0 fully saturated rings. The van der Waals surface area contributed by atoms with E-state index in [1.807, 2.05) is 42.5 Å². The summed E-state index contributed by atoms with van der Waals surface area (Å²) < 4.78 is 28.5. The third kappa shape index (κ3) is 4.57. The van der Waals surface area contributed by atoms with Crippen LogP contribution in [0, 0.1) is 0 Å². The van der Waals surface area contributed by atoms with Gasteiger partial charge in [-0.3, -0.25) is 0 Å². The third-order valence-corrected chi connectivity index (χ3v) is 4.56. The van der Waals surface area contributed by atoms with Crippen molar-refractivity contribution in [1.29, 1.82) is 0 Å². The van der Waals surface area contributed by atoms with Crippen LogP contribution in [0.5, 0.6) is 28.7 Å². The SMILES string of the molecule is CCC(NCCOc1c(OC)cccc1OC)[C@H]1COc2ccccc2O1. The van der Waals surface area contributed by atoms with E-state index in [9.17, 15) is 0 Å². The Morgan fingerprint density at radius 2 is 1.74 bits per heavy atom. The molecule has 1 unspecified atom stereocenters. The Labute approximate surface area is 160 Å². The summed E-state index contributed by atoms with van der Waals surface area (Å²) in [6, 6.07) is 13.5. The highest BCUT2D eigenvalue weighted by atomic mass is 16.6. The summed E-state index contributed by atoms with van der Waals surface area (Å²) >= 11 is 0. The summed E-state index contributed by atoms with van der Waals surface area (Å²) in [6.45, 7) is 3.81. The molecule has 3 rings (SSSR count). The van der Waals surface area contributed by atoms with Gasteiger partial charge in [0.1, 0.15) is 19.3 Å². The normalized spacial score (nSPS) is 16.5. The highest BCUT2D eigenvalue weighted by Gasteiger charge is 2.27. The summed E-state index contributed by atoms with van der Waals surface area (Å²) in [6.07, 6.45) is 0.888. The van der Waals surface area contributed by atoms with E-state index < -0.39 is 0 Å². The number of methoxy groups -OCH3 is 2. The van der Waals surface area contributed by atoms with E-state index in [2.05, 4.69) is 12.2 Å². The zero-order valence-corrected chi connectivity index (χ0v) is 16.1. The van der Waals surface area contributed by atoms with Gasteiger partial charge in [-0.05, 0) is 30.7 Å². The van der Waals surface area contributed by atoms with Crippen molar-refractivity contribution in [2.24, 2.45) is 0 Å². The van der Waals surface area contributed by atoms with E-state index in [0.29, 0.717) is 37.0 Å². The summed E-state index contributed by atoms with van der Waals surface area (Å²) in [7, 11) is 3.23. The lowest BCUT2D eigenvalue weighted by atomic mass is 10.1. The molecule has 146 valence electrons. The number of rotatable bonds is 9. The van der Waals surface area contributed by atoms with Crippen molar-refractivity contribution in [3.63, 3.8) is 0 Å². The van der Waals surface area contributed by atoms with E-state index in [-0.39, 0.29) is 12.1 Å². The van der Waals surface area contributed by atoms with E-state index in [0.717, 1.165) is 17.9 Å². The molecule has 6 heteroatoms. The molecule has 2 atom stereocenters. The van der Waals surface area contributed by atoms with Crippen LogP contribution < -0.4 is 29.0 Å². The number of para-hydroxylation sites is 3. The molecular weight excluding hydrogens is 346 g/mol.